The van der Waals surface area contributed by atoms with Crippen LogP contribution in [-0.2, 0) is 0 Å². The molecular formula is C7H14N2O2. The van der Waals surface area contributed by atoms with Crippen molar-refractivity contribution in [2.45, 2.75) is 19.4 Å². The fourth-order valence-corrected chi connectivity index (χ4v) is 1.56. The van der Waals surface area contributed by atoms with Gasteiger partial charge in [0.25, 0.3) is 0 Å². The number of hydrogen-bond donors (Lipinski definition) is 2. The Labute approximate surface area is 66.0 Å². The molecular weight excluding hydrogens is 144 g/mol. The second kappa shape index (κ2) is 3.09. The summed E-state index contributed by atoms with van der Waals surface area (Å²) >= 11 is 0. The van der Waals surface area contributed by atoms with E-state index in [-0.39, 0.29) is 6.04 Å². The van der Waals surface area contributed by atoms with E-state index in [2.05, 4.69) is 0 Å². The summed E-state index contributed by atoms with van der Waals surface area (Å²) in [6.45, 7) is 3.14. The Balaban J connectivity index is 2.49. The molecule has 0 radical (unpaired) electrons. The normalized spacial score (nSPS) is 32.0. The highest BCUT2D eigenvalue weighted by Crippen LogP contribution is 2.14. The molecule has 0 bridgehead atoms. The highest BCUT2D eigenvalue weighted by Gasteiger charge is 2.24. The molecule has 1 aliphatic rings. The van der Waals surface area contributed by atoms with Crippen molar-refractivity contribution in [2.75, 3.05) is 13.1 Å². The Kier molecular flexibility index (Phi) is 2.34. The molecule has 0 aromatic rings. The average Bonchev–Trinajstić information content (AvgIpc) is 1.85. The third-order valence-electron chi connectivity index (χ3n) is 1.96. The highest BCUT2D eigenvalue weighted by molar-refractivity contribution is 5.65. The number of carbonyl (C=O) groups is 1. The molecule has 1 saturated heterocycles. The summed E-state index contributed by atoms with van der Waals surface area (Å²) in [6, 6.07) is 0.0230. The highest BCUT2D eigenvalue weighted by atomic mass is 16.4. The van der Waals surface area contributed by atoms with Crippen molar-refractivity contribution < 1.29 is 9.90 Å². The van der Waals surface area contributed by atoms with Gasteiger partial charge in [-0.05, 0) is 12.3 Å². The van der Waals surface area contributed by atoms with Crippen molar-refractivity contribution >= 4 is 6.09 Å². The molecule has 1 fully saturated rings. The van der Waals surface area contributed by atoms with Crippen molar-refractivity contribution in [3.05, 3.63) is 0 Å². The standard InChI is InChI=1S/C7H14N2O2/c1-5-2-6(8)4-9(3-5)7(10)11/h5-6H,2-4,8H2,1H3,(H,10,11)/t5-,6+/m1/s1. The van der Waals surface area contributed by atoms with Gasteiger partial charge in [-0.2, -0.15) is 0 Å². The van der Waals surface area contributed by atoms with E-state index in [9.17, 15) is 4.79 Å². The van der Waals surface area contributed by atoms with Crippen LogP contribution >= 0.6 is 0 Å². The van der Waals surface area contributed by atoms with Crippen LogP contribution < -0.4 is 5.73 Å². The molecule has 1 rings (SSSR count). The molecule has 0 aliphatic carbocycles. The van der Waals surface area contributed by atoms with Crippen LogP contribution in [0.2, 0.25) is 0 Å². The lowest BCUT2D eigenvalue weighted by atomic mass is 9.97. The molecule has 0 aromatic heterocycles. The van der Waals surface area contributed by atoms with Gasteiger partial charge in [0.2, 0.25) is 0 Å². The maximum atomic E-state index is 10.5. The summed E-state index contributed by atoms with van der Waals surface area (Å²) in [6.07, 6.45) is 0.0797. The van der Waals surface area contributed by atoms with Gasteiger partial charge in [0, 0.05) is 19.1 Å². The van der Waals surface area contributed by atoms with E-state index in [0.29, 0.717) is 19.0 Å². The van der Waals surface area contributed by atoms with Crippen molar-refractivity contribution in [1.82, 2.24) is 4.90 Å². The third kappa shape index (κ3) is 2.08. The van der Waals surface area contributed by atoms with E-state index in [1.807, 2.05) is 6.92 Å². The van der Waals surface area contributed by atoms with Crippen LogP contribution in [0.15, 0.2) is 0 Å². The third-order valence-corrected chi connectivity index (χ3v) is 1.96. The Morgan fingerprint density at radius 3 is 2.73 bits per heavy atom. The molecule has 0 unspecified atom stereocenters. The minimum atomic E-state index is -0.855. The fourth-order valence-electron chi connectivity index (χ4n) is 1.56. The van der Waals surface area contributed by atoms with E-state index >= 15 is 0 Å². The number of piperidine rings is 1. The van der Waals surface area contributed by atoms with Gasteiger partial charge in [0.05, 0.1) is 0 Å². The number of rotatable bonds is 0. The Morgan fingerprint density at radius 2 is 2.27 bits per heavy atom. The molecule has 4 heteroatoms. The summed E-state index contributed by atoms with van der Waals surface area (Å²) in [7, 11) is 0. The zero-order chi connectivity index (χ0) is 8.43. The van der Waals surface area contributed by atoms with E-state index in [1.165, 1.54) is 4.90 Å². The molecule has 64 valence electrons. The molecule has 0 aromatic carbocycles. The van der Waals surface area contributed by atoms with Gasteiger partial charge in [0.15, 0.2) is 0 Å². The number of hydrogen-bond acceptors (Lipinski definition) is 2. The predicted octanol–water partition coefficient (Wildman–Crippen LogP) is 0.334. The number of nitrogens with two attached hydrogens (primary N) is 1. The topological polar surface area (TPSA) is 66.6 Å². The Hall–Kier alpha value is -0.770. The molecule has 1 aliphatic heterocycles. The van der Waals surface area contributed by atoms with Gasteiger partial charge in [-0.3, -0.25) is 0 Å². The Bertz CT molecular complexity index is 151. The number of amides is 1. The monoisotopic (exact) mass is 158 g/mol. The minimum Gasteiger partial charge on any atom is -0.465 e. The zero-order valence-electron chi connectivity index (χ0n) is 6.66. The Morgan fingerprint density at radius 1 is 1.64 bits per heavy atom. The van der Waals surface area contributed by atoms with Crippen molar-refractivity contribution in [3.63, 3.8) is 0 Å². The fraction of sp³-hybridized carbons (Fsp3) is 0.857. The second-order valence-electron chi connectivity index (χ2n) is 3.29. The van der Waals surface area contributed by atoms with Crippen LogP contribution in [0.4, 0.5) is 4.79 Å². The number of carboxylic acid groups (broad SMARTS) is 1. The first kappa shape index (κ1) is 8.33. The second-order valence-corrected chi connectivity index (χ2v) is 3.29. The number of nitrogens with zero attached hydrogens (tertiary/aromatic N) is 1. The molecule has 2 atom stereocenters. The van der Waals surface area contributed by atoms with Crippen molar-refractivity contribution in [3.8, 4) is 0 Å². The van der Waals surface area contributed by atoms with E-state index < -0.39 is 6.09 Å². The van der Waals surface area contributed by atoms with Crippen LogP contribution in [0.1, 0.15) is 13.3 Å². The average molecular weight is 158 g/mol. The quantitative estimate of drug-likeness (QED) is 0.534. The maximum absolute atomic E-state index is 10.5. The first-order valence-corrected chi connectivity index (χ1v) is 3.83. The van der Waals surface area contributed by atoms with Gasteiger partial charge >= 0.3 is 6.09 Å². The first-order valence-electron chi connectivity index (χ1n) is 3.83. The molecule has 1 heterocycles. The van der Waals surface area contributed by atoms with Crippen molar-refractivity contribution in [1.29, 1.82) is 0 Å². The molecule has 1 amide bonds. The van der Waals surface area contributed by atoms with E-state index in [4.69, 9.17) is 10.8 Å². The lowest BCUT2D eigenvalue weighted by molar-refractivity contribution is 0.116. The molecule has 0 spiro atoms. The first-order chi connectivity index (χ1) is 5.09. The van der Waals surface area contributed by atoms with Gasteiger partial charge in [-0.15, -0.1) is 0 Å². The van der Waals surface area contributed by atoms with E-state index in [0.717, 1.165) is 6.42 Å². The van der Waals surface area contributed by atoms with Crippen molar-refractivity contribution in [2.24, 2.45) is 11.7 Å². The van der Waals surface area contributed by atoms with E-state index in [1.54, 1.807) is 0 Å². The van der Waals surface area contributed by atoms with Gasteiger partial charge in [-0.1, -0.05) is 6.92 Å². The van der Waals surface area contributed by atoms with Gasteiger partial charge in [-0.25, -0.2) is 4.79 Å². The largest absolute Gasteiger partial charge is 0.465 e. The van der Waals surface area contributed by atoms with Crippen LogP contribution in [0, 0.1) is 5.92 Å². The number of likely N-dealkylation sites (tertiary alicyclic amines) is 1. The van der Waals surface area contributed by atoms with Crippen LogP contribution in [0.5, 0.6) is 0 Å². The molecule has 0 saturated carbocycles. The zero-order valence-corrected chi connectivity index (χ0v) is 6.66. The lowest BCUT2D eigenvalue weighted by Gasteiger charge is -2.32. The smallest absolute Gasteiger partial charge is 0.407 e. The maximum Gasteiger partial charge on any atom is 0.407 e. The van der Waals surface area contributed by atoms with Crippen LogP contribution in [-0.4, -0.2) is 35.2 Å². The van der Waals surface area contributed by atoms with Crippen LogP contribution in [0.25, 0.3) is 0 Å². The predicted molar refractivity (Wildman–Crippen MR) is 41.4 cm³/mol. The molecule has 3 N–H and O–H groups in total. The summed E-state index contributed by atoms with van der Waals surface area (Å²) in [5, 5.41) is 8.64. The lowest BCUT2D eigenvalue weighted by Crippen LogP contribution is -2.48. The summed E-state index contributed by atoms with van der Waals surface area (Å²) in [5.41, 5.74) is 5.65. The summed E-state index contributed by atoms with van der Waals surface area (Å²) < 4.78 is 0. The SMILES string of the molecule is C[C@@H]1C[C@H](N)CN(C(=O)O)C1. The van der Waals surface area contributed by atoms with Gasteiger partial charge < -0.3 is 15.7 Å². The van der Waals surface area contributed by atoms with Gasteiger partial charge in [0.1, 0.15) is 0 Å². The molecule has 4 nitrogen and oxygen atoms in total. The molecule has 11 heavy (non-hydrogen) atoms. The van der Waals surface area contributed by atoms with Crippen LogP contribution in [0.3, 0.4) is 0 Å². The minimum absolute atomic E-state index is 0.0230. The summed E-state index contributed by atoms with van der Waals surface area (Å²) in [5.74, 6) is 0.398. The summed E-state index contributed by atoms with van der Waals surface area (Å²) in [4.78, 5) is 11.9.